The third kappa shape index (κ3) is 3.48. The summed E-state index contributed by atoms with van der Waals surface area (Å²) in [6.45, 7) is 7.63. The molecule has 1 fully saturated rings. The van der Waals surface area contributed by atoms with E-state index in [1.165, 1.54) is 12.8 Å². The summed E-state index contributed by atoms with van der Waals surface area (Å²) in [5, 5.41) is 12.7. The number of hydrogen-bond acceptors (Lipinski definition) is 3. The lowest BCUT2D eigenvalue weighted by atomic mass is 9.80. The van der Waals surface area contributed by atoms with Gasteiger partial charge in [0.15, 0.2) is 0 Å². The third-order valence-corrected chi connectivity index (χ3v) is 4.20. The van der Waals surface area contributed by atoms with Gasteiger partial charge in [-0.2, -0.15) is 5.26 Å². The number of piperidine rings is 1. The predicted molar refractivity (Wildman–Crippen MR) is 79.2 cm³/mol. The second-order valence-corrected chi connectivity index (χ2v) is 6.13. The maximum absolute atomic E-state index is 9.18. The van der Waals surface area contributed by atoms with Crippen LogP contribution in [0.3, 0.4) is 0 Å². The average molecular weight is 257 g/mol. The molecule has 0 aromatic heterocycles. The SMILES string of the molecule is Cc1ccc(NCC2(C)CCN(C)CC2)c(C#N)c1. The number of benzene rings is 1. The monoisotopic (exact) mass is 257 g/mol. The molecule has 0 saturated carbocycles. The van der Waals surface area contributed by atoms with Crippen LogP contribution in [0.5, 0.6) is 0 Å². The Hall–Kier alpha value is -1.53. The van der Waals surface area contributed by atoms with Crippen molar-refractivity contribution in [2.45, 2.75) is 26.7 Å². The highest BCUT2D eigenvalue weighted by molar-refractivity contribution is 5.58. The van der Waals surface area contributed by atoms with Crippen LogP contribution in [-0.4, -0.2) is 31.6 Å². The Labute approximate surface area is 116 Å². The minimum atomic E-state index is 0.337. The fourth-order valence-electron chi connectivity index (χ4n) is 2.55. The lowest BCUT2D eigenvalue weighted by Gasteiger charge is -2.38. The predicted octanol–water partition coefficient (Wildman–Crippen LogP) is 3.01. The Morgan fingerprint density at radius 3 is 2.68 bits per heavy atom. The van der Waals surface area contributed by atoms with Crippen LogP contribution >= 0.6 is 0 Å². The zero-order chi connectivity index (χ0) is 13.9. The Morgan fingerprint density at radius 2 is 2.05 bits per heavy atom. The summed E-state index contributed by atoms with van der Waals surface area (Å²) < 4.78 is 0. The number of aryl methyl sites for hydroxylation is 1. The molecule has 0 atom stereocenters. The summed E-state index contributed by atoms with van der Waals surface area (Å²) in [6, 6.07) is 8.29. The third-order valence-electron chi connectivity index (χ3n) is 4.20. The summed E-state index contributed by atoms with van der Waals surface area (Å²) in [5.74, 6) is 0. The Morgan fingerprint density at radius 1 is 1.37 bits per heavy atom. The van der Waals surface area contributed by atoms with Gasteiger partial charge in [-0.3, -0.25) is 0 Å². The van der Waals surface area contributed by atoms with Crippen molar-refractivity contribution in [3.05, 3.63) is 29.3 Å². The molecule has 1 saturated heterocycles. The van der Waals surface area contributed by atoms with Crippen LogP contribution in [0.1, 0.15) is 30.9 Å². The molecule has 102 valence electrons. The molecular formula is C16H23N3. The fraction of sp³-hybridized carbons (Fsp3) is 0.562. The van der Waals surface area contributed by atoms with Gasteiger partial charge in [0.25, 0.3) is 0 Å². The quantitative estimate of drug-likeness (QED) is 0.904. The van der Waals surface area contributed by atoms with Gasteiger partial charge in [0, 0.05) is 6.54 Å². The van der Waals surface area contributed by atoms with Gasteiger partial charge in [0.2, 0.25) is 0 Å². The maximum atomic E-state index is 9.18. The highest BCUT2D eigenvalue weighted by atomic mass is 15.1. The van der Waals surface area contributed by atoms with Crippen molar-refractivity contribution >= 4 is 5.69 Å². The van der Waals surface area contributed by atoms with Gasteiger partial charge in [-0.1, -0.05) is 13.0 Å². The van der Waals surface area contributed by atoms with Crippen molar-refractivity contribution in [3.8, 4) is 6.07 Å². The van der Waals surface area contributed by atoms with Gasteiger partial charge in [-0.15, -0.1) is 0 Å². The van der Waals surface area contributed by atoms with Crippen molar-refractivity contribution in [2.75, 3.05) is 32.0 Å². The van der Waals surface area contributed by atoms with Gasteiger partial charge < -0.3 is 10.2 Å². The summed E-state index contributed by atoms with van der Waals surface area (Å²) in [7, 11) is 2.18. The molecule has 0 spiro atoms. The topological polar surface area (TPSA) is 39.1 Å². The Bertz CT molecular complexity index is 479. The molecule has 1 N–H and O–H groups in total. The number of nitriles is 1. The number of likely N-dealkylation sites (tertiary alicyclic amines) is 1. The Balaban J connectivity index is 2.01. The van der Waals surface area contributed by atoms with Gasteiger partial charge in [-0.25, -0.2) is 0 Å². The number of rotatable bonds is 3. The van der Waals surface area contributed by atoms with Crippen LogP contribution in [0.15, 0.2) is 18.2 Å². The van der Waals surface area contributed by atoms with Crippen molar-refractivity contribution < 1.29 is 0 Å². The number of nitrogens with one attached hydrogen (secondary N) is 1. The van der Waals surface area contributed by atoms with Crippen LogP contribution < -0.4 is 5.32 Å². The zero-order valence-electron chi connectivity index (χ0n) is 12.2. The fourth-order valence-corrected chi connectivity index (χ4v) is 2.55. The number of nitrogens with zero attached hydrogens (tertiary/aromatic N) is 2. The van der Waals surface area contributed by atoms with Crippen LogP contribution in [0.2, 0.25) is 0 Å². The molecule has 2 rings (SSSR count). The molecule has 1 aromatic carbocycles. The van der Waals surface area contributed by atoms with Gasteiger partial charge in [0.05, 0.1) is 11.3 Å². The first-order chi connectivity index (χ1) is 9.02. The molecule has 1 aromatic rings. The van der Waals surface area contributed by atoms with Crippen molar-refractivity contribution in [1.29, 1.82) is 5.26 Å². The van der Waals surface area contributed by atoms with Crippen molar-refractivity contribution in [1.82, 2.24) is 4.90 Å². The molecule has 3 nitrogen and oxygen atoms in total. The summed E-state index contributed by atoms with van der Waals surface area (Å²) in [6.07, 6.45) is 2.43. The smallest absolute Gasteiger partial charge is 0.101 e. The van der Waals surface area contributed by atoms with Gasteiger partial charge in [0.1, 0.15) is 6.07 Å². The van der Waals surface area contributed by atoms with Gasteiger partial charge in [-0.05, 0) is 63.0 Å². The second-order valence-electron chi connectivity index (χ2n) is 6.13. The lowest BCUT2D eigenvalue weighted by molar-refractivity contribution is 0.150. The van der Waals surface area contributed by atoms with E-state index in [0.717, 1.165) is 36.4 Å². The van der Waals surface area contributed by atoms with E-state index in [9.17, 15) is 5.26 Å². The van der Waals surface area contributed by atoms with Crippen LogP contribution in [0, 0.1) is 23.7 Å². The molecule has 0 bridgehead atoms. The molecule has 1 heterocycles. The zero-order valence-corrected chi connectivity index (χ0v) is 12.2. The molecule has 0 aliphatic carbocycles. The number of hydrogen-bond donors (Lipinski definition) is 1. The lowest BCUT2D eigenvalue weighted by Crippen LogP contribution is -2.40. The molecule has 0 amide bonds. The second kappa shape index (κ2) is 5.63. The molecule has 0 unspecified atom stereocenters. The largest absolute Gasteiger partial charge is 0.383 e. The molecule has 1 aliphatic heterocycles. The van der Waals surface area contributed by atoms with E-state index in [2.05, 4.69) is 36.3 Å². The highest BCUT2D eigenvalue weighted by Gasteiger charge is 2.28. The normalized spacial score (nSPS) is 18.8. The first-order valence-electron chi connectivity index (χ1n) is 6.96. The van der Waals surface area contributed by atoms with Crippen LogP contribution in [-0.2, 0) is 0 Å². The average Bonchev–Trinajstić information content (AvgIpc) is 2.41. The van der Waals surface area contributed by atoms with E-state index in [4.69, 9.17) is 0 Å². The summed E-state index contributed by atoms with van der Waals surface area (Å²) in [4.78, 5) is 2.38. The molecule has 3 heteroatoms. The highest BCUT2D eigenvalue weighted by Crippen LogP contribution is 2.31. The minimum Gasteiger partial charge on any atom is -0.383 e. The van der Waals surface area contributed by atoms with E-state index >= 15 is 0 Å². The first-order valence-corrected chi connectivity index (χ1v) is 6.96. The van der Waals surface area contributed by atoms with Gasteiger partial charge >= 0.3 is 0 Å². The standard InChI is InChI=1S/C16H23N3/c1-13-4-5-15(14(10-13)11-17)18-12-16(2)6-8-19(3)9-7-16/h4-5,10,18H,6-9,12H2,1-3H3. The number of anilines is 1. The van der Waals surface area contributed by atoms with E-state index < -0.39 is 0 Å². The van der Waals surface area contributed by atoms with Crippen LogP contribution in [0.4, 0.5) is 5.69 Å². The van der Waals surface area contributed by atoms with E-state index in [1.54, 1.807) is 0 Å². The maximum Gasteiger partial charge on any atom is 0.101 e. The summed E-state index contributed by atoms with van der Waals surface area (Å²) in [5.41, 5.74) is 3.18. The summed E-state index contributed by atoms with van der Waals surface area (Å²) >= 11 is 0. The Kier molecular flexibility index (Phi) is 4.11. The molecular weight excluding hydrogens is 234 g/mol. The first kappa shape index (κ1) is 13.9. The van der Waals surface area contributed by atoms with Crippen molar-refractivity contribution in [3.63, 3.8) is 0 Å². The molecule has 0 radical (unpaired) electrons. The minimum absolute atomic E-state index is 0.337. The van der Waals surface area contributed by atoms with E-state index in [-0.39, 0.29) is 0 Å². The van der Waals surface area contributed by atoms with Crippen molar-refractivity contribution in [2.24, 2.45) is 5.41 Å². The molecule has 1 aliphatic rings. The molecule has 19 heavy (non-hydrogen) atoms. The van der Waals surface area contributed by atoms with E-state index in [0.29, 0.717) is 5.41 Å². The van der Waals surface area contributed by atoms with E-state index in [1.807, 2.05) is 19.1 Å². The van der Waals surface area contributed by atoms with Crippen LogP contribution in [0.25, 0.3) is 0 Å².